The molecule has 1 aliphatic rings. The van der Waals surface area contributed by atoms with Gasteiger partial charge in [-0.15, -0.1) is 11.3 Å². The van der Waals surface area contributed by atoms with E-state index in [0.29, 0.717) is 30.2 Å². The number of aromatic nitrogens is 1. The molecule has 2 rings (SSSR count). The number of nitrogens with two attached hydrogens (primary N) is 1. The number of nitrogens with one attached hydrogen (secondary N) is 1. The molecule has 2 atom stereocenters. The molecule has 0 saturated carbocycles. The number of nitrogens with zero attached hydrogens (tertiary/aromatic N) is 2. The number of hydrogen-bond donors (Lipinski definition) is 2. The molecule has 1 saturated heterocycles. The minimum Gasteiger partial charge on any atom is -0.329 e. The molecule has 2 unspecified atom stereocenters. The second kappa shape index (κ2) is 6.45. The van der Waals surface area contributed by atoms with E-state index in [9.17, 15) is 4.79 Å². The zero-order valence-electron chi connectivity index (χ0n) is 11.6. The van der Waals surface area contributed by atoms with Gasteiger partial charge in [-0.1, -0.05) is 6.92 Å². The van der Waals surface area contributed by atoms with Crippen LogP contribution in [0.2, 0.25) is 0 Å². The van der Waals surface area contributed by atoms with E-state index in [1.54, 1.807) is 0 Å². The molecule has 0 aromatic carbocycles. The van der Waals surface area contributed by atoms with Gasteiger partial charge >= 0.3 is 0 Å². The summed E-state index contributed by atoms with van der Waals surface area (Å²) in [6.07, 6.45) is 2.22. The van der Waals surface area contributed by atoms with Crippen molar-refractivity contribution in [3.63, 3.8) is 0 Å². The highest BCUT2D eigenvalue weighted by Crippen LogP contribution is 2.22. The number of carbonyl (C=O) groups is 1. The van der Waals surface area contributed by atoms with Crippen molar-refractivity contribution in [1.82, 2.24) is 9.88 Å². The molecule has 0 bridgehead atoms. The Morgan fingerprint density at radius 1 is 1.68 bits per heavy atom. The lowest BCUT2D eigenvalue weighted by atomic mass is 9.92. The summed E-state index contributed by atoms with van der Waals surface area (Å²) in [5, 5.41) is 5.46. The molecular weight excluding hydrogens is 260 g/mol. The number of thiazole rings is 1. The van der Waals surface area contributed by atoms with Crippen molar-refractivity contribution < 1.29 is 4.79 Å². The summed E-state index contributed by atoms with van der Waals surface area (Å²) in [6.45, 7) is 6.15. The minimum absolute atomic E-state index is 0.00218. The molecule has 19 heavy (non-hydrogen) atoms. The second-order valence-corrected chi connectivity index (χ2v) is 6.19. The topological polar surface area (TPSA) is 71.2 Å². The third kappa shape index (κ3) is 3.99. The summed E-state index contributed by atoms with van der Waals surface area (Å²) in [5.74, 6) is 0.705. The third-order valence-corrected chi connectivity index (χ3v) is 4.46. The quantitative estimate of drug-likeness (QED) is 0.877. The van der Waals surface area contributed by atoms with Crippen LogP contribution >= 0.6 is 11.3 Å². The SMILES string of the molecule is Cc1csc(NC(=O)CN2CCC(C)CC2CN)n1. The van der Waals surface area contributed by atoms with Crippen LogP contribution in [-0.2, 0) is 4.79 Å². The Hall–Kier alpha value is -0.980. The first-order valence-corrected chi connectivity index (χ1v) is 7.62. The maximum absolute atomic E-state index is 12.0. The Bertz CT molecular complexity index is 434. The number of amides is 1. The number of likely N-dealkylation sites (tertiary alicyclic amines) is 1. The van der Waals surface area contributed by atoms with Crippen molar-refractivity contribution in [2.45, 2.75) is 32.7 Å². The molecule has 1 aromatic rings. The molecule has 3 N–H and O–H groups in total. The maximum atomic E-state index is 12.0. The lowest BCUT2D eigenvalue weighted by Crippen LogP contribution is -2.49. The van der Waals surface area contributed by atoms with Crippen LogP contribution in [0.5, 0.6) is 0 Å². The molecule has 0 spiro atoms. The summed E-state index contributed by atoms with van der Waals surface area (Å²) < 4.78 is 0. The largest absolute Gasteiger partial charge is 0.329 e. The van der Waals surface area contributed by atoms with Gasteiger partial charge in [-0.2, -0.15) is 0 Å². The van der Waals surface area contributed by atoms with Gasteiger partial charge in [0, 0.05) is 18.0 Å². The summed E-state index contributed by atoms with van der Waals surface area (Å²) in [6, 6.07) is 0.326. The van der Waals surface area contributed by atoms with Crippen molar-refractivity contribution in [2.75, 3.05) is 25.0 Å². The number of anilines is 1. The molecule has 1 aliphatic heterocycles. The minimum atomic E-state index is 0.00218. The summed E-state index contributed by atoms with van der Waals surface area (Å²) in [4.78, 5) is 18.4. The summed E-state index contributed by atoms with van der Waals surface area (Å²) >= 11 is 1.46. The first kappa shape index (κ1) is 14.4. The van der Waals surface area contributed by atoms with E-state index in [4.69, 9.17) is 5.73 Å². The van der Waals surface area contributed by atoms with Gasteiger partial charge in [0.25, 0.3) is 0 Å². The Balaban J connectivity index is 1.87. The molecule has 6 heteroatoms. The predicted molar refractivity (Wildman–Crippen MR) is 78.3 cm³/mol. The average Bonchev–Trinajstić information content (AvgIpc) is 2.76. The Morgan fingerprint density at radius 3 is 3.11 bits per heavy atom. The smallest absolute Gasteiger partial charge is 0.240 e. The van der Waals surface area contributed by atoms with Gasteiger partial charge in [0.2, 0.25) is 5.91 Å². The van der Waals surface area contributed by atoms with Gasteiger partial charge in [-0.25, -0.2) is 4.98 Å². The van der Waals surface area contributed by atoms with Crippen LogP contribution in [0.15, 0.2) is 5.38 Å². The van der Waals surface area contributed by atoms with Crippen LogP contribution in [0.1, 0.15) is 25.5 Å². The van der Waals surface area contributed by atoms with Gasteiger partial charge in [-0.3, -0.25) is 9.69 Å². The van der Waals surface area contributed by atoms with Gasteiger partial charge in [0.1, 0.15) is 0 Å². The normalized spacial score (nSPS) is 24.4. The van der Waals surface area contributed by atoms with E-state index in [-0.39, 0.29) is 5.91 Å². The molecule has 1 fully saturated rings. The predicted octanol–water partition coefficient (Wildman–Crippen LogP) is 1.45. The lowest BCUT2D eigenvalue weighted by molar-refractivity contribution is -0.118. The molecule has 106 valence electrons. The van der Waals surface area contributed by atoms with E-state index in [2.05, 4.69) is 22.1 Å². The zero-order chi connectivity index (χ0) is 13.8. The van der Waals surface area contributed by atoms with Crippen LogP contribution in [0.3, 0.4) is 0 Å². The fourth-order valence-corrected chi connectivity index (χ4v) is 3.21. The summed E-state index contributed by atoms with van der Waals surface area (Å²) in [5.41, 5.74) is 6.74. The number of rotatable bonds is 4. The first-order valence-electron chi connectivity index (χ1n) is 6.74. The Morgan fingerprint density at radius 2 is 2.47 bits per heavy atom. The van der Waals surface area contributed by atoms with Crippen LogP contribution in [0.25, 0.3) is 0 Å². The molecule has 0 aliphatic carbocycles. The van der Waals surface area contributed by atoms with E-state index < -0.39 is 0 Å². The van der Waals surface area contributed by atoms with Crippen LogP contribution in [-0.4, -0.2) is 41.5 Å². The number of aryl methyl sites for hydroxylation is 1. The van der Waals surface area contributed by atoms with Gasteiger partial charge in [0.15, 0.2) is 5.13 Å². The van der Waals surface area contributed by atoms with Gasteiger partial charge in [-0.05, 0) is 32.2 Å². The third-order valence-electron chi connectivity index (χ3n) is 3.58. The highest BCUT2D eigenvalue weighted by molar-refractivity contribution is 7.13. The Kier molecular flexibility index (Phi) is 4.90. The van der Waals surface area contributed by atoms with Crippen molar-refractivity contribution in [3.8, 4) is 0 Å². The average molecular weight is 282 g/mol. The first-order chi connectivity index (χ1) is 9.08. The fourth-order valence-electron chi connectivity index (χ4n) is 2.51. The van der Waals surface area contributed by atoms with E-state index in [1.165, 1.54) is 11.3 Å². The molecule has 2 heterocycles. The summed E-state index contributed by atoms with van der Waals surface area (Å²) in [7, 11) is 0. The number of piperidine rings is 1. The highest BCUT2D eigenvalue weighted by atomic mass is 32.1. The van der Waals surface area contributed by atoms with Crippen LogP contribution in [0.4, 0.5) is 5.13 Å². The molecule has 0 radical (unpaired) electrons. The second-order valence-electron chi connectivity index (χ2n) is 5.33. The number of carbonyl (C=O) groups excluding carboxylic acids is 1. The van der Waals surface area contributed by atoms with Crippen molar-refractivity contribution >= 4 is 22.4 Å². The van der Waals surface area contributed by atoms with Crippen molar-refractivity contribution in [3.05, 3.63) is 11.1 Å². The highest BCUT2D eigenvalue weighted by Gasteiger charge is 2.26. The van der Waals surface area contributed by atoms with Gasteiger partial charge < -0.3 is 11.1 Å². The molecular formula is C13H22N4OS. The van der Waals surface area contributed by atoms with Crippen LogP contribution < -0.4 is 11.1 Å². The van der Waals surface area contributed by atoms with E-state index in [1.807, 2.05) is 12.3 Å². The van der Waals surface area contributed by atoms with Crippen LogP contribution in [0, 0.1) is 12.8 Å². The van der Waals surface area contributed by atoms with E-state index in [0.717, 1.165) is 25.1 Å². The van der Waals surface area contributed by atoms with Crippen molar-refractivity contribution in [1.29, 1.82) is 0 Å². The van der Waals surface area contributed by atoms with E-state index >= 15 is 0 Å². The Labute approximate surface area is 118 Å². The zero-order valence-corrected chi connectivity index (χ0v) is 12.4. The molecule has 1 amide bonds. The lowest BCUT2D eigenvalue weighted by Gasteiger charge is -2.37. The fraction of sp³-hybridized carbons (Fsp3) is 0.692. The molecule has 1 aromatic heterocycles. The monoisotopic (exact) mass is 282 g/mol. The molecule has 5 nitrogen and oxygen atoms in total. The van der Waals surface area contributed by atoms with Gasteiger partial charge in [0.05, 0.1) is 12.2 Å². The standard InChI is InChI=1S/C13H22N4OS/c1-9-3-4-17(11(5-9)6-14)7-12(18)16-13-15-10(2)8-19-13/h8-9,11H,3-7,14H2,1-2H3,(H,15,16,18). The van der Waals surface area contributed by atoms with Crippen molar-refractivity contribution in [2.24, 2.45) is 11.7 Å². The maximum Gasteiger partial charge on any atom is 0.240 e. The number of hydrogen-bond acceptors (Lipinski definition) is 5.